The molecular weight excluding hydrogens is 222 g/mol. The van der Waals surface area contributed by atoms with Gasteiger partial charge in [-0.3, -0.25) is 4.79 Å². The van der Waals surface area contributed by atoms with E-state index >= 15 is 0 Å². The van der Waals surface area contributed by atoms with Gasteiger partial charge in [-0.25, -0.2) is 0 Å². The van der Waals surface area contributed by atoms with Gasteiger partial charge in [-0.1, -0.05) is 6.07 Å². The fourth-order valence-corrected chi connectivity index (χ4v) is 2.72. The van der Waals surface area contributed by atoms with Gasteiger partial charge < -0.3 is 10.4 Å². The molecule has 16 heavy (non-hydrogen) atoms. The number of amides is 1. The van der Waals surface area contributed by atoms with Crippen LogP contribution in [-0.2, 0) is 0 Å². The maximum atomic E-state index is 11.7. The molecule has 2 rings (SSSR count). The van der Waals surface area contributed by atoms with Crippen molar-refractivity contribution in [3.05, 3.63) is 22.4 Å². The fourth-order valence-electron chi connectivity index (χ4n) is 2.08. The van der Waals surface area contributed by atoms with E-state index in [0.717, 1.165) is 37.1 Å². The number of hydrogen-bond acceptors (Lipinski definition) is 3. The van der Waals surface area contributed by atoms with Crippen molar-refractivity contribution >= 4 is 17.2 Å². The van der Waals surface area contributed by atoms with Crippen molar-refractivity contribution in [2.45, 2.75) is 31.8 Å². The molecule has 0 aliphatic heterocycles. The van der Waals surface area contributed by atoms with Crippen LogP contribution < -0.4 is 5.32 Å². The summed E-state index contributed by atoms with van der Waals surface area (Å²) in [7, 11) is 0. The van der Waals surface area contributed by atoms with Crippen molar-refractivity contribution in [2.24, 2.45) is 5.92 Å². The van der Waals surface area contributed by atoms with E-state index in [1.165, 1.54) is 11.3 Å². The predicted octanol–water partition coefficient (Wildman–Crippen LogP) is 2.03. The summed E-state index contributed by atoms with van der Waals surface area (Å²) in [6.45, 7) is 0.740. The summed E-state index contributed by atoms with van der Waals surface area (Å²) in [5.41, 5.74) is 0. The number of aliphatic hydroxyl groups excluding tert-OH is 1. The number of rotatable bonds is 3. The third kappa shape index (κ3) is 3.06. The summed E-state index contributed by atoms with van der Waals surface area (Å²) in [6, 6.07) is 3.72. The molecular formula is C12H17NO2S. The molecule has 1 aliphatic rings. The van der Waals surface area contributed by atoms with Gasteiger partial charge in [0.05, 0.1) is 11.0 Å². The molecule has 1 aromatic heterocycles. The zero-order valence-corrected chi connectivity index (χ0v) is 10.0. The number of carbonyl (C=O) groups excluding carboxylic acids is 1. The molecule has 1 heterocycles. The third-order valence-electron chi connectivity index (χ3n) is 3.11. The molecule has 3 nitrogen and oxygen atoms in total. The van der Waals surface area contributed by atoms with Crippen molar-refractivity contribution < 1.29 is 9.90 Å². The number of aliphatic hydroxyl groups is 1. The van der Waals surface area contributed by atoms with Crippen LogP contribution in [0.3, 0.4) is 0 Å². The van der Waals surface area contributed by atoms with Gasteiger partial charge in [0.15, 0.2) is 0 Å². The molecule has 0 saturated heterocycles. The van der Waals surface area contributed by atoms with Crippen LogP contribution in [0.5, 0.6) is 0 Å². The van der Waals surface area contributed by atoms with Crippen LogP contribution in [0.25, 0.3) is 0 Å². The first-order chi connectivity index (χ1) is 7.75. The van der Waals surface area contributed by atoms with Crippen molar-refractivity contribution in [2.75, 3.05) is 6.54 Å². The van der Waals surface area contributed by atoms with Crippen molar-refractivity contribution in [3.8, 4) is 0 Å². The van der Waals surface area contributed by atoms with E-state index in [0.29, 0.717) is 5.92 Å². The Morgan fingerprint density at radius 3 is 2.81 bits per heavy atom. The second-order valence-corrected chi connectivity index (χ2v) is 5.31. The van der Waals surface area contributed by atoms with Crippen LogP contribution in [-0.4, -0.2) is 23.7 Å². The average Bonchev–Trinajstić information content (AvgIpc) is 2.81. The summed E-state index contributed by atoms with van der Waals surface area (Å²) < 4.78 is 0. The van der Waals surface area contributed by atoms with Gasteiger partial charge in [0.25, 0.3) is 5.91 Å². The van der Waals surface area contributed by atoms with Crippen molar-refractivity contribution in [1.29, 1.82) is 0 Å². The predicted molar refractivity (Wildman–Crippen MR) is 64.6 cm³/mol. The Bertz CT molecular complexity index is 329. The molecule has 0 unspecified atom stereocenters. The van der Waals surface area contributed by atoms with Crippen LogP contribution >= 0.6 is 11.3 Å². The normalized spacial score (nSPS) is 25.3. The zero-order chi connectivity index (χ0) is 11.4. The lowest BCUT2D eigenvalue weighted by Crippen LogP contribution is -2.31. The lowest BCUT2D eigenvalue weighted by molar-refractivity contribution is 0.0914. The molecule has 0 aromatic carbocycles. The number of hydrogen-bond donors (Lipinski definition) is 2. The second kappa shape index (κ2) is 5.46. The van der Waals surface area contributed by atoms with Crippen LogP contribution in [0.15, 0.2) is 17.5 Å². The van der Waals surface area contributed by atoms with E-state index in [2.05, 4.69) is 5.32 Å². The monoisotopic (exact) mass is 239 g/mol. The first-order valence-electron chi connectivity index (χ1n) is 5.75. The standard InChI is InChI=1S/C12H17NO2S/c14-10-5-3-9(4-6-10)8-13-12(15)11-2-1-7-16-11/h1-2,7,9-10,14H,3-6,8H2,(H,13,15). The number of thiophene rings is 1. The molecule has 1 amide bonds. The fraction of sp³-hybridized carbons (Fsp3) is 0.583. The molecule has 0 spiro atoms. The average molecular weight is 239 g/mol. The lowest BCUT2D eigenvalue weighted by Gasteiger charge is -2.25. The van der Waals surface area contributed by atoms with Crippen LogP contribution in [0.2, 0.25) is 0 Å². The smallest absolute Gasteiger partial charge is 0.261 e. The molecule has 4 heteroatoms. The summed E-state index contributed by atoms with van der Waals surface area (Å²) in [6.07, 6.45) is 3.67. The molecule has 2 N–H and O–H groups in total. The quantitative estimate of drug-likeness (QED) is 0.848. The SMILES string of the molecule is O=C(NCC1CCC(O)CC1)c1cccs1. The maximum Gasteiger partial charge on any atom is 0.261 e. The molecule has 88 valence electrons. The molecule has 0 bridgehead atoms. The van der Waals surface area contributed by atoms with Gasteiger partial charge in [0, 0.05) is 6.54 Å². The van der Waals surface area contributed by atoms with Gasteiger partial charge >= 0.3 is 0 Å². The van der Waals surface area contributed by atoms with Gasteiger partial charge in [-0.05, 0) is 43.0 Å². The van der Waals surface area contributed by atoms with Gasteiger partial charge in [-0.2, -0.15) is 0 Å². The Balaban J connectivity index is 1.73. The summed E-state index contributed by atoms with van der Waals surface area (Å²) in [5, 5.41) is 14.2. The summed E-state index contributed by atoms with van der Waals surface area (Å²) >= 11 is 1.47. The van der Waals surface area contributed by atoms with Crippen molar-refractivity contribution in [1.82, 2.24) is 5.32 Å². The van der Waals surface area contributed by atoms with E-state index in [-0.39, 0.29) is 12.0 Å². The maximum absolute atomic E-state index is 11.7. The Morgan fingerprint density at radius 1 is 1.44 bits per heavy atom. The van der Waals surface area contributed by atoms with Crippen LogP contribution in [0, 0.1) is 5.92 Å². The molecule has 0 atom stereocenters. The Hall–Kier alpha value is -0.870. The molecule has 1 saturated carbocycles. The Morgan fingerprint density at radius 2 is 2.19 bits per heavy atom. The topological polar surface area (TPSA) is 49.3 Å². The Labute approximate surface area is 99.5 Å². The zero-order valence-electron chi connectivity index (χ0n) is 9.19. The minimum atomic E-state index is -0.121. The highest BCUT2D eigenvalue weighted by Crippen LogP contribution is 2.23. The Kier molecular flexibility index (Phi) is 3.96. The van der Waals surface area contributed by atoms with E-state index in [9.17, 15) is 9.90 Å². The minimum absolute atomic E-state index is 0.0288. The first-order valence-corrected chi connectivity index (χ1v) is 6.63. The lowest BCUT2D eigenvalue weighted by atomic mass is 9.87. The summed E-state index contributed by atoms with van der Waals surface area (Å²) in [4.78, 5) is 12.4. The van der Waals surface area contributed by atoms with E-state index in [4.69, 9.17) is 0 Å². The molecule has 0 radical (unpaired) electrons. The first kappa shape index (κ1) is 11.6. The van der Waals surface area contributed by atoms with Gasteiger partial charge in [0.1, 0.15) is 0 Å². The van der Waals surface area contributed by atoms with Gasteiger partial charge in [0.2, 0.25) is 0 Å². The van der Waals surface area contributed by atoms with E-state index < -0.39 is 0 Å². The van der Waals surface area contributed by atoms with Crippen molar-refractivity contribution in [3.63, 3.8) is 0 Å². The second-order valence-electron chi connectivity index (χ2n) is 4.36. The third-order valence-corrected chi connectivity index (χ3v) is 3.98. The highest BCUT2D eigenvalue weighted by molar-refractivity contribution is 7.12. The largest absolute Gasteiger partial charge is 0.393 e. The number of carbonyl (C=O) groups is 1. The number of nitrogens with one attached hydrogen (secondary N) is 1. The highest BCUT2D eigenvalue weighted by atomic mass is 32.1. The van der Waals surface area contributed by atoms with Gasteiger partial charge in [-0.15, -0.1) is 11.3 Å². The van der Waals surface area contributed by atoms with E-state index in [1.807, 2.05) is 17.5 Å². The molecule has 1 fully saturated rings. The summed E-state index contributed by atoms with van der Waals surface area (Å²) in [5.74, 6) is 0.563. The van der Waals surface area contributed by atoms with Crippen LogP contribution in [0.4, 0.5) is 0 Å². The molecule has 1 aliphatic carbocycles. The van der Waals surface area contributed by atoms with Crippen LogP contribution in [0.1, 0.15) is 35.4 Å². The minimum Gasteiger partial charge on any atom is -0.393 e. The highest BCUT2D eigenvalue weighted by Gasteiger charge is 2.19. The van der Waals surface area contributed by atoms with E-state index in [1.54, 1.807) is 0 Å². The molecule has 1 aromatic rings.